The van der Waals surface area contributed by atoms with Crippen molar-refractivity contribution in [1.82, 2.24) is 16.0 Å². The van der Waals surface area contributed by atoms with Gasteiger partial charge in [-0.05, 0) is 26.3 Å². The molecule has 0 saturated heterocycles. The number of hydrogen-bond donors (Lipinski definition) is 5. The van der Waals surface area contributed by atoms with Gasteiger partial charge in [-0.3, -0.25) is 10.6 Å². The van der Waals surface area contributed by atoms with Crippen molar-refractivity contribution < 1.29 is 0 Å². The van der Waals surface area contributed by atoms with Crippen molar-refractivity contribution in [3.8, 4) is 0 Å². The topological polar surface area (TPSA) is 88.1 Å². The first-order valence-corrected chi connectivity index (χ1v) is 6.32. The summed E-state index contributed by atoms with van der Waals surface area (Å²) in [6, 6.07) is 0. The molecule has 7 N–H and O–H groups in total. The van der Waals surface area contributed by atoms with Crippen LogP contribution in [0.2, 0.25) is 0 Å². The molecule has 0 aromatic rings. The average molecular weight is 229 g/mol. The van der Waals surface area contributed by atoms with Crippen LogP contribution in [0.15, 0.2) is 0 Å². The lowest BCUT2D eigenvalue weighted by molar-refractivity contribution is 0.302. The van der Waals surface area contributed by atoms with Gasteiger partial charge in [0.05, 0.1) is 12.3 Å². The van der Waals surface area contributed by atoms with Crippen LogP contribution < -0.4 is 27.4 Å². The van der Waals surface area contributed by atoms with Gasteiger partial charge in [0.2, 0.25) is 0 Å². The summed E-state index contributed by atoms with van der Waals surface area (Å²) < 4.78 is 0. The van der Waals surface area contributed by atoms with E-state index >= 15 is 0 Å². The van der Waals surface area contributed by atoms with Crippen molar-refractivity contribution in [2.45, 2.75) is 57.6 Å². The Morgan fingerprint density at radius 3 is 2.38 bits per heavy atom. The Balaban J connectivity index is 2.14. The molecule has 16 heavy (non-hydrogen) atoms. The molecule has 5 nitrogen and oxygen atoms in total. The van der Waals surface area contributed by atoms with Gasteiger partial charge in [-0.1, -0.05) is 25.7 Å². The first kappa shape index (κ1) is 13.9. The van der Waals surface area contributed by atoms with Gasteiger partial charge in [0, 0.05) is 0 Å². The molecule has 0 heterocycles. The van der Waals surface area contributed by atoms with Crippen LogP contribution in [-0.4, -0.2) is 25.7 Å². The highest BCUT2D eigenvalue weighted by molar-refractivity contribution is 4.74. The molecule has 0 aromatic heterocycles. The van der Waals surface area contributed by atoms with Crippen molar-refractivity contribution in [3.63, 3.8) is 0 Å². The van der Waals surface area contributed by atoms with Gasteiger partial charge in [-0.15, -0.1) is 0 Å². The highest BCUT2D eigenvalue weighted by Gasteiger charge is 2.19. The van der Waals surface area contributed by atoms with E-state index in [4.69, 9.17) is 11.5 Å². The zero-order valence-corrected chi connectivity index (χ0v) is 10.5. The Hall–Kier alpha value is -0.200. The summed E-state index contributed by atoms with van der Waals surface area (Å²) in [5.74, 6) is 0.788. The fourth-order valence-electron chi connectivity index (χ4n) is 2.30. The highest BCUT2D eigenvalue weighted by Crippen LogP contribution is 2.27. The molecule has 1 fully saturated rings. The van der Waals surface area contributed by atoms with E-state index in [1.807, 2.05) is 14.0 Å². The summed E-state index contributed by atoms with van der Waals surface area (Å²) in [5, 5.41) is 9.41. The van der Waals surface area contributed by atoms with E-state index < -0.39 is 0 Å². The van der Waals surface area contributed by atoms with Crippen LogP contribution in [0.1, 0.15) is 39.0 Å². The summed E-state index contributed by atoms with van der Waals surface area (Å²) in [4.78, 5) is 0. The smallest absolute Gasteiger partial charge is 0.111 e. The lowest BCUT2D eigenvalue weighted by atomic mass is 10.0. The molecule has 1 aliphatic carbocycles. The Morgan fingerprint density at radius 1 is 1.19 bits per heavy atom. The maximum absolute atomic E-state index is 6.02. The fourth-order valence-corrected chi connectivity index (χ4v) is 2.30. The maximum atomic E-state index is 6.02. The van der Waals surface area contributed by atoms with Crippen molar-refractivity contribution in [3.05, 3.63) is 0 Å². The van der Waals surface area contributed by atoms with E-state index in [9.17, 15) is 0 Å². The van der Waals surface area contributed by atoms with E-state index in [0.29, 0.717) is 0 Å². The third kappa shape index (κ3) is 5.23. The van der Waals surface area contributed by atoms with E-state index in [0.717, 1.165) is 12.3 Å². The summed E-state index contributed by atoms with van der Waals surface area (Å²) in [7, 11) is 1.89. The molecule has 5 heteroatoms. The van der Waals surface area contributed by atoms with Gasteiger partial charge >= 0.3 is 0 Å². The Morgan fingerprint density at radius 2 is 1.81 bits per heavy atom. The molecular weight excluding hydrogens is 202 g/mol. The lowest BCUT2D eigenvalue weighted by Gasteiger charge is -2.25. The van der Waals surface area contributed by atoms with Gasteiger partial charge in [0.15, 0.2) is 0 Å². The van der Waals surface area contributed by atoms with Crippen molar-refractivity contribution in [2.75, 3.05) is 7.05 Å². The zero-order valence-electron chi connectivity index (χ0n) is 10.5. The third-order valence-electron chi connectivity index (χ3n) is 3.32. The van der Waals surface area contributed by atoms with Gasteiger partial charge in [-0.25, -0.2) is 0 Å². The molecule has 0 spiro atoms. The van der Waals surface area contributed by atoms with Crippen LogP contribution in [-0.2, 0) is 0 Å². The van der Waals surface area contributed by atoms with Crippen LogP contribution in [0.4, 0.5) is 0 Å². The van der Waals surface area contributed by atoms with E-state index in [2.05, 4.69) is 16.0 Å². The molecule has 3 unspecified atom stereocenters. The zero-order chi connectivity index (χ0) is 12.0. The maximum Gasteiger partial charge on any atom is 0.111 e. The molecule has 0 aliphatic heterocycles. The summed E-state index contributed by atoms with van der Waals surface area (Å²) in [6.07, 6.45) is 6.32. The quantitative estimate of drug-likeness (QED) is 0.392. The standard InChI is InChI=1S/C11H27N5/c1-8(14-2)15-11(13)16-10(12)7-9-5-3-4-6-9/h8-11,14-16H,3-7,12-13H2,1-2H3. The Labute approximate surface area is 98.7 Å². The average Bonchev–Trinajstić information content (AvgIpc) is 2.69. The summed E-state index contributed by atoms with van der Waals surface area (Å²) in [5.41, 5.74) is 11.9. The second-order valence-electron chi connectivity index (χ2n) is 4.81. The first-order valence-electron chi connectivity index (χ1n) is 6.32. The molecule has 0 aromatic carbocycles. The van der Waals surface area contributed by atoms with Crippen molar-refractivity contribution in [2.24, 2.45) is 17.4 Å². The largest absolute Gasteiger partial charge is 0.316 e. The second kappa shape index (κ2) is 7.19. The highest BCUT2D eigenvalue weighted by atomic mass is 15.3. The van der Waals surface area contributed by atoms with E-state index in [1.165, 1.54) is 25.7 Å². The molecule has 0 bridgehead atoms. The minimum Gasteiger partial charge on any atom is -0.316 e. The van der Waals surface area contributed by atoms with Crippen LogP contribution in [0, 0.1) is 5.92 Å². The number of rotatable bonds is 7. The SMILES string of the molecule is CNC(C)NC(N)NC(N)CC1CCCC1. The van der Waals surface area contributed by atoms with Crippen LogP contribution in [0.3, 0.4) is 0 Å². The van der Waals surface area contributed by atoms with Gasteiger partial charge < -0.3 is 16.8 Å². The van der Waals surface area contributed by atoms with Crippen LogP contribution >= 0.6 is 0 Å². The number of hydrogen-bond acceptors (Lipinski definition) is 5. The fraction of sp³-hybridized carbons (Fsp3) is 1.00. The first-order chi connectivity index (χ1) is 7.61. The van der Waals surface area contributed by atoms with E-state index in [-0.39, 0.29) is 18.6 Å². The number of nitrogens with one attached hydrogen (secondary N) is 3. The summed E-state index contributed by atoms with van der Waals surface area (Å²) >= 11 is 0. The second-order valence-corrected chi connectivity index (χ2v) is 4.81. The molecular formula is C11H27N5. The van der Waals surface area contributed by atoms with Crippen molar-refractivity contribution in [1.29, 1.82) is 0 Å². The van der Waals surface area contributed by atoms with E-state index in [1.54, 1.807) is 0 Å². The molecule has 96 valence electrons. The Bertz CT molecular complexity index is 181. The van der Waals surface area contributed by atoms with Gasteiger partial charge in [-0.2, -0.15) is 0 Å². The Kier molecular flexibility index (Phi) is 6.23. The molecule has 1 saturated carbocycles. The minimum atomic E-state index is -0.251. The predicted molar refractivity (Wildman–Crippen MR) is 67.3 cm³/mol. The van der Waals surface area contributed by atoms with Crippen molar-refractivity contribution >= 4 is 0 Å². The lowest BCUT2D eigenvalue weighted by Crippen LogP contribution is -2.60. The molecule has 3 atom stereocenters. The molecule has 1 rings (SSSR count). The van der Waals surface area contributed by atoms with Gasteiger partial charge in [0.1, 0.15) is 6.29 Å². The molecule has 0 amide bonds. The minimum absolute atomic E-state index is 0.00495. The summed E-state index contributed by atoms with van der Waals surface area (Å²) in [6.45, 7) is 2.02. The van der Waals surface area contributed by atoms with Crippen LogP contribution in [0.25, 0.3) is 0 Å². The normalized spacial score (nSPS) is 23.2. The predicted octanol–water partition coefficient (Wildman–Crippen LogP) is -0.162. The molecule has 0 radical (unpaired) electrons. The van der Waals surface area contributed by atoms with Crippen LogP contribution in [0.5, 0.6) is 0 Å². The van der Waals surface area contributed by atoms with Gasteiger partial charge in [0.25, 0.3) is 0 Å². The number of nitrogens with two attached hydrogens (primary N) is 2. The monoisotopic (exact) mass is 229 g/mol. The third-order valence-corrected chi connectivity index (χ3v) is 3.32. The molecule has 1 aliphatic rings.